The highest BCUT2D eigenvalue weighted by atomic mass is 16.5. The second kappa shape index (κ2) is 13.2. The topological polar surface area (TPSA) is 134 Å². The lowest BCUT2D eigenvalue weighted by atomic mass is 9.94. The molecule has 10 heteroatoms. The van der Waals surface area contributed by atoms with E-state index in [4.69, 9.17) is 4.74 Å². The molecule has 3 N–H and O–H groups in total. The molecule has 0 saturated carbocycles. The molecule has 0 radical (unpaired) electrons. The summed E-state index contributed by atoms with van der Waals surface area (Å²) in [6, 6.07) is 4.63. The SMILES string of the molecule is C=CCOc1ccc(C[C@@H]2NC(=O)[C@](C)(CC)NC(=O)[C@H](CCCC=O)NC(=O)[C@H]3CCCN3C2=O)cc1. The maximum atomic E-state index is 13.8. The quantitative estimate of drug-likeness (QED) is 0.240. The van der Waals surface area contributed by atoms with Gasteiger partial charge in [0.25, 0.3) is 0 Å². The van der Waals surface area contributed by atoms with Gasteiger partial charge in [0.05, 0.1) is 0 Å². The Hall–Kier alpha value is -3.69. The average molecular weight is 527 g/mol. The number of nitrogens with one attached hydrogen (secondary N) is 3. The minimum absolute atomic E-state index is 0.208. The molecule has 38 heavy (non-hydrogen) atoms. The molecule has 2 aliphatic rings. The summed E-state index contributed by atoms with van der Waals surface area (Å²) in [4.78, 5) is 66.1. The van der Waals surface area contributed by atoms with Gasteiger partial charge in [-0.3, -0.25) is 19.2 Å². The van der Waals surface area contributed by atoms with E-state index in [-0.39, 0.29) is 31.6 Å². The van der Waals surface area contributed by atoms with Crippen molar-refractivity contribution >= 4 is 29.9 Å². The van der Waals surface area contributed by atoms with Crippen molar-refractivity contribution in [2.45, 2.75) is 82.5 Å². The highest BCUT2D eigenvalue weighted by Gasteiger charge is 2.43. The van der Waals surface area contributed by atoms with Crippen molar-refractivity contribution in [3.05, 3.63) is 42.5 Å². The molecule has 4 atom stereocenters. The number of rotatable bonds is 10. The van der Waals surface area contributed by atoms with Crippen molar-refractivity contribution in [2.24, 2.45) is 0 Å². The van der Waals surface area contributed by atoms with Crippen LogP contribution in [0.2, 0.25) is 0 Å². The van der Waals surface area contributed by atoms with Crippen LogP contribution in [0.4, 0.5) is 0 Å². The lowest BCUT2D eigenvalue weighted by molar-refractivity contribution is -0.144. The molecule has 2 aliphatic heterocycles. The van der Waals surface area contributed by atoms with Crippen molar-refractivity contribution in [1.82, 2.24) is 20.9 Å². The molecule has 2 heterocycles. The summed E-state index contributed by atoms with van der Waals surface area (Å²) in [5.41, 5.74) is -0.505. The van der Waals surface area contributed by atoms with Crippen LogP contribution < -0.4 is 20.7 Å². The van der Waals surface area contributed by atoms with E-state index in [2.05, 4.69) is 22.5 Å². The number of fused-ring (bicyclic) bond motifs is 1. The molecule has 0 spiro atoms. The Morgan fingerprint density at radius 1 is 1.11 bits per heavy atom. The third kappa shape index (κ3) is 6.99. The van der Waals surface area contributed by atoms with Gasteiger partial charge >= 0.3 is 0 Å². The lowest BCUT2D eigenvalue weighted by Crippen LogP contribution is -2.65. The number of hydrogen-bond acceptors (Lipinski definition) is 6. The highest BCUT2D eigenvalue weighted by molar-refractivity contribution is 5.99. The third-order valence-electron chi connectivity index (χ3n) is 7.23. The lowest BCUT2D eigenvalue weighted by Gasteiger charge is -2.35. The molecule has 4 amide bonds. The monoisotopic (exact) mass is 526 g/mol. The number of aldehydes is 1. The Morgan fingerprint density at radius 3 is 2.50 bits per heavy atom. The van der Waals surface area contributed by atoms with Gasteiger partial charge in [-0.05, 0) is 56.7 Å². The molecular weight excluding hydrogens is 488 g/mol. The van der Waals surface area contributed by atoms with E-state index >= 15 is 0 Å². The van der Waals surface area contributed by atoms with Crippen LogP contribution in [0.1, 0.15) is 57.9 Å². The average Bonchev–Trinajstić information content (AvgIpc) is 3.41. The van der Waals surface area contributed by atoms with Gasteiger partial charge in [0.1, 0.15) is 42.3 Å². The van der Waals surface area contributed by atoms with Crippen LogP contribution in [0.15, 0.2) is 36.9 Å². The molecule has 0 bridgehead atoms. The van der Waals surface area contributed by atoms with Gasteiger partial charge in [0.15, 0.2) is 0 Å². The van der Waals surface area contributed by atoms with E-state index in [9.17, 15) is 24.0 Å². The molecule has 2 saturated heterocycles. The first kappa shape index (κ1) is 28.9. The van der Waals surface area contributed by atoms with Crippen LogP contribution in [0.3, 0.4) is 0 Å². The molecular formula is C28H38N4O6. The number of benzene rings is 1. The summed E-state index contributed by atoms with van der Waals surface area (Å²) in [6.45, 7) is 7.74. The molecule has 3 rings (SSSR count). The number of nitrogens with zero attached hydrogens (tertiary/aromatic N) is 1. The highest BCUT2D eigenvalue weighted by Crippen LogP contribution is 2.22. The second-order valence-electron chi connectivity index (χ2n) is 10.00. The van der Waals surface area contributed by atoms with Gasteiger partial charge in [0, 0.05) is 19.4 Å². The Kier molecular flexibility index (Phi) is 10.0. The summed E-state index contributed by atoms with van der Waals surface area (Å²) in [7, 11) is 0. The fraction of sp³-hybridized carbons (Fsp3) is 0.536. The standard InChI is InChI=1S/C28H38N4O6/c1-4-17-38-20-13-11-19(12-14-20)18-22-26(36)32-15-8-10-23(32)25(35)29-21(9-6-7-16-33)24(34)31-28(3,5-2)27(37)30-22/h4,11-14,16,21-23H,1,5-10,15,17-18H2,2-3H3,(H,29,35)(H,30,37)(H,31,34)/t21-,22-,23+,28-/m0/s1. The summed E-state index contributed by atoms with van der Waals surface area (Å²) in [5, 5.41) is 8.45. The minimum Gasteiger partial charge on any atom is -0.490 e. The molecule has 1 aromatic rings. The zero-order valence-corrected chi connectivity index (χ0v) is 22.2. The zero-order valence-electron chi connectivity index (χ0n) is 22.2. The molecule has 206 valence electrons. The smallest absolute Gasteiger partial charge is 0.246 e. The van der Waals surface area contributed by atoms with E-state index in [0.717, 1.165) is 11.8 Å². The van der Waals surface area contributed by atoms with Crippen LogP contribution >= 0.6 is 0 Å². The second-order valence-corrected chi connectivity index (χ2v) is 10.00. The van der Waals surface area contributed by atoms with E-state index in [1.807, 2.05) is 12.1 Å². The van der Waals surface area contributed by atoms with Crippen molar-refractivity contribution in [2.75, 3.05) is 13.2 Å². The molecule has 2 fully saturated rings. The van der Waals surface area contributed by atoms with Crippen molar-refractivity contribution in [3.63, 3.8) is 0 Å². The minimum atomic E-state index is -1.31. The van der Waals surface area contributed by atoms with Crippen LogP contribution in [-0.4, -0.2) is 71.6 Å². The molecule has 10 nitrogen and oxygen atoms in total. The van der Waals surface area contributed by atoms with Gasteiger partial charge in [-0.15, -0.1) is 0 Å². The molecule has 0 unspecified atom stereocenters. The zero-order chi connectivity index (χ0) is 27.7. The van der Waals surface area contributed by atoms with Gasteiger partial charge in [-0.2, -0.15) is 0 Å². The van der Waals surface area contributed by atoms with E-state index < -0.39 is 41.4 Å². The van der Waals surface area contributed by atoms with Crippen LogP contribution in [0, 0.1) is 0 Å². The largest absolute Gasteiger partial charge is 0.490 e. The van der Waals surface area contributed by atoms with Crippen molar-refractivity contribution in [1.29, 1.82) is 0 Å². The number of carbonyl (C=O) groups is 5. The third-order valence-corrected chi connectivity index (χ3v) is 7.23. The first-order chi connectivity index (χ1) is 18.2. The fourth-order valence-electron chi connectivity index (χ4n) is 4.74. The predicted octanol–water partition coefficient (Wildman–Crippen LogP) is 1.42. The summed E-state index contributed by atoms with van der Waals surface area (Å²) in [6.07, 6.45) is 4.88. The van der Waals surface area contributed by atoms with Gasteiger partial charge in [-0.1, -0.05) is 31.7 Å². The first-order valence-corrected chi connectivity index (χ1v) is 13.2. The van der Waals surface area contributed by atoms with Crippen LogP contribution in [0.5, 0.6) is 5.75 Å². The summed E-state index contributed by atoms with van der Waals surface area (Å²) >= 11 is 0. The number of hydrogen-bond donors (Lipinski definition) is 3. The summed E-state index contributed by atoms with van der Waals surface area (Å²) in [5.74, 6) is -1.07. The maximum Gasteiger partial charge on any atom is 0.246 e. The van der Waals surface area contributed by atoms with Crippen molar-refractivity contribution < 1.29 is 28.7 Å². The fourth-order valence-corrected chi connectivity index (χ4v) is 4.74. The van der Waals surface area contributed by atoms with Gasteiger partial charge in [0.2, 0.25) is 23.6 Å². The van der Waals surface area contributed by atoms with Gasteiger partial charge in [-0.25, -0.2) is 0 Å². The Bertz CT molecular complexity index is 1040. The van der Waals surface area contributed by atoms with E-state index in [1.54, 1.807) is 32.1 Å². The van der Waals surface area contributed by atoms with Crippen LogP contribution in [0.25, 0.3) is 0 Å². The normalized spacial score (nSPS) is 26.3. The number of ether oxygens (including phenoxy) is 1. The number of amides is 4. The van der Waals surface area contributed by atoms with Crippen LogP contribution in [-0.2, 0) is 30.4 Å². The van der Waals surface area contributed by atoms with E-state index in [1.165, 1.54) is 4.90 Å². The van der Waals surface area contributed by atoms with E-state index in [0.29, 0.717) is 38.2 Å². The first-order valence-electron chi connectivity index (χ1n) is 13.2. The maximum absolute atomic E-state index is 13.8. The van der Waals surface area contributed by atoms with Crippen molar-refractivity contribution in [3.8, 4) is 5.75 Å². The summed E-state index contributed by atoms with van der Waals surface area (Å²) < 4.78 is 5.53. The molecule has 0 aromatic heterocycles. The van der Waals surface area contributed by atoms with Gasteiger partial charge < -0.3 is 30.4 Å². The molecule has 1 aromatic carbocycles. The number of carbonyl (C=O) groups excluding carboxylic acids is 5. The predicted molar refractivity (Wildman–Crippen MR) is 141 cm³/mol. The Balaban J connectivity index is 1.91. The molecule has 0 aliphatic carbocycles. The number of unbranched alkanes of at least 4 members (excludes halogenated alkanes) is 1. The Morgan fingerprint density at radius 2 is 1.84 bits per heavy atom. The Labute approximate surface area is 223 Å².